The van der Waals surface area contributed by atoms with Crippen molar-refractivity contribution in [3.05, 3.63) is 46.8 Å². The van der Waals surface area contributed by atoms with Crippen LogP contribution >= 0.6 is 0 Å². The molecule has 152 valence electrons. The van der Waals surface area contributed by atoms with Crippen LogP contribution in [-0.4, -0.2) is 36.9 Å². The van der Waals surface area contributed by atoms with E-state index in [0.717, 1.165) is 12.0 Å². The Morgan fingerprint density at radius 2 is 1.79 bits per heavy atom. The lowest BCUT2D eigenvalue weighted by Crippen LogP contribution is -2.42. The van der Waals surface area contributed by atoms with Gasteiger partial charge in [0.25, 0.3) is 0 Å². The van der Waals surface area contributed by atoms with Gasteiger partial charge in [-0.1, -0.05) is 19.0 Å². The highest BCUT2D eigenvalue weighted by Gasteiger charge is 2.31. The van der Waals surface area contributed by atoms with Crippen LogP contribution in [0.3, 0.4) is 0 Å². The highest BCUT2D eigenvalue weighted by Crippen LogP contribution is 2.27. The van der Waals surface area contributed by atoms with Gasteiger partial charge in [0.15, 0.2) is 0 Å². The highest BCUT2D eigenvalue weighted by atomic mass is 32.2. The molecule has 2 atom stereocenters. The SMILES string of the molecule is Cc1noc(C)c1COC(=O)c1ccc(S(=O)(=O)N2CC(C)CC(C)C2)cc1. The van der Waals surface area contributed by atoms with Crippen LogP contribution in [0.1, 0.15) is 47.6 Å². The van der Waals surface area contributed by atoms with Gasteiger partial charge in [0.2, 0.25) is 10.0 Å². The van der Waals surface area contributed by atoms with Gasteiger partial charge < -0.3 is 9.26 Å². The molecule has 7 nitrogen and oxygen atoms in total. The maximum atomic E-state index is 12.9. The summed E-state index contributed by atoms with van der Waals surface area (Å²) < 4.78 is 37.7. The second-order valence-electron chi connectivity index (χ2n) is 7.67. The maximum absolute atomic E-state index is 12.9. The average Bonchev–Trinajstić information content (AvgIpc) is 2.97. The monoisotopic (exact) mass is 406 g/mol. The number of hydrogen-bond donors (Lipinski definition) is 0. The van der Waals surface area contributed by atoms with Crippen molar-refractivity contribution in [2.45, 2.75) is 45.6 Å². The van der Waals surface area contributed by atoms with Gasteiger partial charge in [0.05, 0.1) is 21.7 Å². The fourth-order valence-corrected chi connectivity index (χ4v) is 5.32. The van der Waals surface area contributed by atoms with Crippen molar-refractivity contribution >= 4 is 16.0 Å². The molecule has 0 aliphatic carbocycles. The first-order valence-electron chi connectivity index (χ1n) is 9.37. The Kier molecular flexibility index (Phi) is 5.90. The minimum Gasteiger partial charge on any atom is -0.457 e. The Labute approximate surface area is 165 Å². The lowest BCUT2D eigenvalue weighted by Gasteiger charge is -2.34. The fourth-order valence-electron chi connectivity index (χ4n) is 3.64. The Bertz CT molecular complexity index is 920. The Morgan fingerprint density at radius 3 is 2.32 bits per heavy atom. The summed E-state index contributed by atoms with van der Waals surface area (Å²) >= 11 is 0. The summed E-state index contributed by atoms with van der Waals surface area (Å²) in [4.78, 5) is 12.5. The average molecular weight is 407 g/mol. The van der Waals surface area contributed by atoms with Crippen LogP contribution in [0.25, 0.3) is 0 Å². The Hall–Kier alpha value is -2.19. The molecule has 2 unspecified atom stereocenters. The topological polar surface area (TPSA) is 89.7 Å². The number of rotatable bonds is 5. The zero-order valence-electron chi connectivity index (χ0n) is 16.6. The second kappa shape index (κ2) is 8.05. The number of aryl methyl sites for hydroxylation is 2. The number of benzene rings is 1. The molecule has 0 bridgehead atoms. The third-order valence-electron chi connectivity index (χ3n) is 5.09. The van der Waals surface area contributed by atoms with Crippen molar-refractivity contribution in [3.63, 3.8) is 0 Å². The van der Waals surface area contributed by atoms with E-state index in [1.807, 2.05) is 0 Å². The van der Waals surface area contributed by atoms with E-state index in [1.54, 1.807) is 13.8 Å². The van der Waals surface area contributed by atoms with Crippen LogP contribution in [0.2, 0.25) is 0 Å². The van der Waals surface area contributed by atoms with E-state index < -0.39 is 16.0 Å². The third kappa shape index (κ3) is 4.28. The van der Waals surface area contributed by atoms with E-state index in [9.17, 15) is 13.2 Å². The highest BCUT2D eigenvalue weighted by molar-refractivity contribution is 7.89. The molecule has 0 radical (unpaired) electrons. The van der Waals surface area contributed by atoms with Gasteiger partial charge in [0.1, 0.15) is 12.4 Å². The first-order chi connectivity index (χ1) is 13.2. The number of ether oxygens (including phenoxy) is 1. The van der Waals surface area contributed by atoms with E-state index >= 15 is 0 Å². The summed E-state index contributed by atoms with van der Waals surface area (Å²) in [5, 5.41) is 3.82. The van der Waals surface area contributed by atoms with E-state index in [1.165, 1.54) is 28.6 Å². The summed E-state index contributed by atoms with van der Waals surface area (Å²) in [5.74, 6) is 0.745. The standard InChI is InChI=1S/C20H26N2O5S/c1-13-9-14(2)11-22(10-13)28(24,25)18-7-5-17(6-8-18)20(23)26-12-19-15(3)21-27-16(19)4/h5-8,13-14H,9-12H2,1-4H3. The molecule has 1 saturated heterocycles. The number of hydrogen-bond acceptors (Lipinski definition) is 6. The van der Waals surface area contributed by atoms with E-state index in [4.69, 9.17) is 9.26 Å². The first-order valence-corrected chi connectivity index (χ1v) is 10.8. The number of piperidine rings is 1. The molecule has 3 rings (SSSR count). The number of nitrogens with zero attached hydrogens (tertiary/aromatic N) is 2. The summed E-state index contributed by atoms with van der Waals surface area (Å²) in [6, 6.07) is 5.90. The molecule has 0 amide bonds. The molecule has 28 heavy (non-hydrogen) atoms. The number of aromatic nitrogens is 1. The minimum absolute atomic E-state index is 0.0591. The molecule has 1 aromatic carbocycles. The molecule has 0 spiro atoms. The van der Waals surface area contributed by atoms with Gasteiger partial charge in [0, 0.05) is 13.1 Å². The van der Waals surface area contributed by atoms with Crippen molar-refractivity contribution in [2.24, 2.45) is 11.8 Å². The number of carbonyl (C=O) groups is 1. The fraction of sp³-hybridized carbons (Fsp3) is 0.500. The Balaban J connectivity index is 1.69. The zero-order valence-corrected chi connectivity index (χ0v) is 17.5. The van der Waals surface area contributed by atoms with Gasteiger partial charge in [-0.05, 0) is 56.4 Å². The molecule has 2 heterocycles. The van der Waals surface area contributed by atoms with Crippen molar-refractivity contribution < 1.29 is 22.5 Å². The van der Waals surface area contributed by atoms with Gasteiger partial charge in [-0.2, -0.15) is 4.31 Å². The van der Waals surface area contributed by atoms with Crippen molar-refractivity contribution in [2.75, 3.05) is 13.1 Å². The zero-order chi connectivity index (χ0) is 20.5. The van der Waals surface area contributed by atoms with Gasteiger partial charge in [-0.25, -0.2) is 13.2 Å². The van der Waals surface area contributed by atoms with Gasteiger partial charge >= 0.3 is 5.97 Å². The van der Waals surface area contributed by atoms with Gasteiger partial charge in [-0.3, -0.25) is 0 Å². The number of sulfonamides is 1. The molecule has 0 N–H and O–H groups in total. The van der Waals surface area contributed by atoms with Crippen LogP contribution in [0.4, 0.5) is 0 Å². The smallest absolute Gasteiger partial charge is 0.338 e. The largest absolute Gasteiger partial charge is 0.457 e. The predicted octanol–water partition coefficient (Wildman–Crippen LogP) is 3.32. The van der Waals surface area contributed by atoms with E-state index in [2.05, 4.69) is 19.0 Å². The molecule has 2 aromatic rings. The molecule has 1 aliphatic heterocycles. The van der Waals surface area contributed by atoms with Crippen molar-refractivity contribution in [1.29, 1.82) is 0 Å². The molecule has 0 saturated carbocycles. The van der Waals surface area contributed by atoms with Crippen LogP contribution in [-0.2, 0) is 21.4 Å². The van der Waals surface area contributed by atoms with E-state index in [-0.39, 0.29) is 11.5 Å². The lowest BCUT2D eigenvalue weighted by atomic mass is 9.94. The molecule has 8 heteroatoms. The summed E-state index contributed by atoms with van der Waals surface area (Å²) in [6.07, 6.45) is 1.03. The third-order valence-corrected chi connectivity index (χ3v) is 6.94. The molecular formula is C20H26N2O5S. The normalized spacial score (nSPS) is 20.9. The molecule has 1 fully saturated rings. The summed E-state index contributed by atoms with van der Waals surface area (Å²) in [5.41, 5.74) is 1.71. The maximum Gasteiger partial charge on any atom is 0.338 e. The first kappa shape index (κ1) is 20.5. The van der Waals surface area contributed by atoms with Crippen LogP contribution in [0.15, 0.2) is 33.7 Å². The lowest BCUT2D eigenvalue weighted by molar-refractivity contribution is 0.0470. The molecule has 1 aromatic heterocycles. The summed E-state index contributed by atoms with van der Waals surface area (Å²) in [7, 11) is -3.57. The molecule has 1 aliphatic rings. The second-order valence-corrected chi connectivity index (χ2v) is 9.61. The van der Waals surface area contributed by atoms with Crippen molar-refractivity contribution in [1.82, 2.24) is 9.46 Å². The number of esters is 1. The quantitative estimate of drug-likeness (QED) is 0.708. The Morgan fingerprint density at radius 1 is 1.18 bits per heavy atom. The van der Waals surface area contributed by atoms with E-state index in [0.29, 0.717) is 41.9 Å². The molecular weight excluding hydrogens is 380 g/mol. The van der Waals surface area contributed by atoms with Crippen LogP contribution in [0, 0.1) is 25.7 Å². The van der Waals surface area contributed by atoms with Crippen LogP contribution < -0.4 is 0 Å². The predicted molar refractivity (Wildman–Crippen MR) is 103 cm³/mol. The minimum atomic E-state index is -3.57. The summed E-state index contributed by atoms with van der Waals surface area (Å²) in [6.45, 7) is 8.77. The van der Waals surface area contributed by atoms with Crippen molar-refractivity contribution in [3.8, 4) is 0 Å². The number of carbonyl (C=O) groups excluding carboxylic acids is 1. The van der Waals surface area contributed by atoms with Gasteiger partial charge in [-0.15, -0.1) is 0 Å². The van der Waals surface area contributed by atoms with Crippen LogP contribution in [0.5, 0.6) is 0 Å².